The molecule has 0 bridgehead atoms. The number of aryl methyl sites for hydroxylation is 1. The first-order valence-corrected chi connectivity index (χ1v) is 4.22. The van der Waals surface area contributed by atoms with Crippen LogP contribution in [-0.4, -0.2) is 27.7 Å². The molecule has 0 atom stereocenters. The van der Waals surface area contributed by atoms with Crippen molar-refractivity contribution in [2.75, 3.05) is 6.61 Å². The lowest BCUT2D eigenvalue weighted by molar-refractivity contribution is -0.139. The first-order chi connectivity index (χ1) is 6.09. The molecule has 6 heteroatoms. The van der Waals surface area contributed by atoms with Gasteiger partial charge in [-0.25, -0.2) is 9.78 Å². The molecule has 0 amide bonds. The summed E-state index contributed by atoms with van der Waals surface area (Å²) in [5, 5.41) is 8.31. The smallest absolute Gasteiger partial charge is 0.341 e. The number of carboxylic acid groups (broad SMARTS) is 1. The van der Waals surface area contributed by atoms with E-state index in [4.69, 9.17) is 9.84 Å². The minimum atomic E-state index is -1.05. The largest absolute Gasteiger partial charge is 0.479 e. The normalized spacial score (nSPS) is 9.69. The molecule has 13 heavy (non-hydrogen) atoms. The van der Waals surface area contributed by atoms with Crippen molar-refractivity contribution in [2.45, 2.75) is 6.92 Å². The van der Waals surface area contributed by atoms with Gasteiger partial charge in [-0.05, 0) is 22.9 Å². The highest BCUT2D eigenvalue weighted by atomic mass is 79.9. The highest BCUT2D eigenvalue weighted by Crippen LogP contribution is 2.14. The summed E-state index contributed by atoms with van der Waals surface area (Å²) in [7, 11) is 0. The van der Waals surface area contributed by atoms with Gasteiger partial charge in [0.15, 0.2) is 6.61 Å². The Morgan fingerprint density at radius 1 is 1.77 bits per heavy atom. The Morgan fingerprint density at radius 3 is 3.00 bits per heavy atom. The van der Waals surface area contributed by atoms with Crippen molar-refractivity contribution in [2.24, 2.45) is 0 Å². The number of carbonyl (C=O) groups is 1. The lowest BCUT2D eigenvalue weighted by Gasteiger charge is -2.01. The van der Waals surface area contributed by atoms with Crippen LogP contribution in [0.5, 0.6) is 6.01 Å². The molecule has 5 nitrogen and oxygen atoms in total. The highest BCUT2D eigenvalue weighted by Gasteiger charge is 2.03. The highest BCUT2D eigenvalue weighted by molar-refractivity contribution is 9.10. The number of aromatic nitrogens is 2. The summed E-state index contributed by atoms with van der Waals surface area (Å²) in [6, 6.07) is 0.0723. The molecule has 1 N–H and O–H groups in total. The predicted molar refractivity (Wildman–Crippen MR) is 47.6 cm³/mol. The molecular weight excluding hydrogens is 240 g/mol. The van der Waals surface area contributed by atoms with Crippen molar-refractivity contribution in [1.82, 2.24) is 9.97 Å². The van der Waals surface area contributed by atoms with Gasteiger partial charge in [0, 0.05) is 6.20 Å². The second kappa shape index (κ2) is 4.18. The summed E-state index contributed by atoms with van der Waals surface area (Å²) >= 11 is 3.21. The van der Waals surface area contributed by atoms with Crippen molar-refractivity contribution in [3.05, 3.63) is 16.4 Å². The molecule has 0 spiro atoms. The lowest BCUT2D eigenvalue weighted by Crippen LogP contribution is -2.11. The van der Waals surface area contributed by atoms with E-state index in [0.29, 0.717) is 5.69 Å². The summed E-state index contributed by atoms with van der Waals surface area (Å²) in [5.74, 6) is -1.05. The molecule has 1 heterocycles. The number of hydrogen-bond donors (Lipinski definition) is 1. The topological polar surface area (TPSA) is 72.3 Å². The fourth-order valence-electron chi connectivity index (χ4n) is 0.627. The fraction of sp³-hybridized carbons (Fsp3) is 0.286. The third-order valence-corrected chi connectivity index (χ3v) is 2.00. The van der Waals surface area contributed by atoms with Gasteiger partial charge in [-0.3, -0.25) is 0 Å². The van der Waals surface area contributed by atoms with Crippen LogP contribution in [0.4, 0.5) is 0 Å². The molecule has 0 unspecified atom stereocenters. The third-order valence-electron chi connectivity index (χ3n) is 1.22. The second-order valence-electron chi connectivity index (χ2n) is 2.27. The van der Waals surface area contributed by atoms with E-state index in [0.717, 1.165) is 4.47 Å². The Labute approximate surface area is 82.9 Å². The van der Waals surface area contributed by atoms with Crippen molar-refractivity contribution >= 4 is 21.9 Å². The van der Waals surface area contributed by atoms with Crippen LogP contribution in [0, 0.1) is 6.92 Å². The van der Waals surface area contributed by atoms with Crippen LogP contribution in [0.25, 0.3) is 0 Å². The average Bonchev–Trinajstić information content (AvgIpc) is 2.07. The van der Waals surface area contributed by atoms with Crippen LogP contribution in [0.1, 0.15) is 5.69 Å². The number of rotatable bonds is 3. The molecule has 0 aromatic carbocycles. The molecule has 1 rings (SSSR count). The molecule has 1 aromatic rings. The van der Waals surface area contributed by atoms with Gasteiger partial charge in [-0.15, -0.1) is 0 Å². The van der Waals surface area contributed by atoms with E-state index in [2.05, 4.69) is 25.9 Å². The Balaban J connectivity index is 2.68. The van der Waals surface area contributed by atoms with Gasteiger partial charge >= 0.3 is 12.0 Å². The molecule has 0 aliphatic carbocycles. The number of aliphatic carboxylic acids is 1. The second-order valence-corrected chi connectivity index (χ2v) is 3.12. The minimum absolute atomic E-state index is 0.0723. The van der Waals surface area contributed by atoms with Crippen molar-refractivity contribution in [3.63, 3.8) is 0 Å². The van der Waals surface area contributed by atoms with Gasteiger partial charge in [0.2, 0.25) is 0 Å². The first kappa shape index (κ1) is 9.91. The van der Waals surface area contributed by atoms with Crippen LogP contribution in [0.3, 0.4) is 0 Å². The van der Waals surface area contributed by atoms with E-state index in [-0.39, 0.29) is 6.01 Å². The maximum Gasteiger partial charge on any atom is 0.341 e. The van der Waals surface area contributed by atoms with Gasteiger partial charge < -0.3 is 9.84 Å². The Hall–Kier alpha value is -1.17. The predicted octanol–water partition coefficient (Wildman–Crippen LogP) is 1.01. The van der Waals surface area contributed by atoms with Crippen molar-refractivity contribution in [1.29, 1.82) is 0 Å². The zero-order chi connectivity index (χ0) is 9.84. The number of ether oxygens (including phenoxy) is 1. The summed E-state index contributed by atoms with van der Waals surface area (Å²) < 4.78 is 5.52. The van der Waals surface area contributed by atoms with Gasteiger partial charge in [-0.1, -0.05) is 0 Å². The molecular formula is C7H7BrN2O3. The molecule has 0 fully saturated rings. The monoisotopic (exact) mass is 246 g/mol. The van der Waals surface area contributed by atoms with Crippen LogP contribution >= 0.6 is 15.9 Å². The van der Waals surface area contributed by atoms with Crippen molar-refractivity contribution in [3.8, 4) is 6.01 Å². The Bertz CT molecular complexity index is 330. The van der Waals surface area contributed by atoms with E-state index in [1.54, 1.807) is 6.92 Å². The summed E-state index contributed by atoms with van der Waals surface area (Å²) in [4.78, 5) is 17.8. The van der Waals surface area contributed by atoms with Crippen LogP contribution in [0.15, 0.2) is 10.7 Å². The van der Waals surface area contributed by atoms with E-state index in [1.165, 1.54) is 6.20 Å². The van der Waals surface area contributed by atoms with Gasteiger partial charge in [0.25, 0.3) is 0 Å². The van der Waals surface area contributed by atoms with Crippen LogP contribution < -0.4 is 4.74 Å². The zero-order valence-corrected chi connectivity index (χ0v) is 8.41. The van der Waals surface area contributed by atoms with Crippen molar-refractivity contribution < 1.29 is 14.6 Å². The van der Waals surface area contributed by atoms with E-state index in [9.17, 15) is 4.79 Å². The summed E-state index contributed by atoms with van der Waals surface area (Å²) in [6.45, 7) is 1.33. The Kier molecular flexibility index (Phi) is 3.18. The van der Waals surface area contributed by atoms with Gasteiger partial charge in [0.05, 0.1) is 10.2 Å². The minimum Gasteiger partial charge on any atom is -0.479 e. The maximum absolute atomic E-state index is 10.1. The first-order valence-electron chi connectivity index (χ1n) is 3.43. The molecule has 0 radical (unpaired) electrons. The summed E-state index contributed by atoms with van der Waals surface area (Å²) in [5.41, 5.74) is 0.704. The van der Waals surface area contributed by atoms with E-state index >= 15 is 0 Å². The molecule has 0 aliphatic rings. The van der Waals surface area contributed by atoms with Crippen LogP contribution in [-0.2, 0) is 4.79 Å². The molecule has 0 saturated carbocycles. The number of halogens is 1. The SMILES string of the molecule is Cc1nc(OCC(=O)O)ncc1Br. The Morgan fingerprint density at radius 2 is 2.46 bits per heavy atom. The quantitative estimate of drug-likeness (QED) is 0.862. The lowest BCUT2D eigenvalue weighted by atomic mass is 10.5. The molecule has 70 valence electrons. The number of carboxylic acids is 1. The third kappa shape index (κ3) is 2.98. The average molecular weight is 247 g/mol. The maximum atomic E-state index is 10.1. The van der Waals surface area contributed by atoms with Crippen LogP contribution in [0.2, 0.25) is 0 Å². The van der Waals surface area contributed by atoms with Gasteiger partial charge in [0.1, 0.15) is 0 Å². The van der Waals surface area contributed by atoms with E-state index < -0.39 is 12.6 Å². The molecule has 0 saturated heterocycles. The number of hydrogen-bond acceptors (Lipinski definition) is 4. The van der Waals surface area contributed by atoms with E-state index in [1.807, 2.05) is 0 Å². The summed E-state index contributed by atoms with van der Waals surface area (Å²) in [6.07, 6.45) is 1.51. The molecule has 1 aromatic heterocycles. The van der Waals surface area contributed by atoms with Gasteiger partial charge in [-0.2, -0.15) is 4.98 Å². The molecule has 0 aliphatic heterocycles. The number of nitrogens with zero attached hydrogens (tertiary/aromatic N) is 2. The standard InChI is InChI=1S/C7H7BrN2O3/c1-4-5(8)2-9-7(10-4)13-3-6(11)12/h2H,3H2,1H3,(H,11,12). The zero-order valence-electron chi connectivity index (χ0n) is 6.82. The fourth-order valence-corrected chi connectivity index (χ4v) is 0.818.